The first-order valence-corrected chi connectivity index (χ1v) is 9.03. The normalized spacial score (nSPS) is 16.1. The molecule has 1 aliphatic rings. The van der Waals surface area contributed by atoms with Crippen molar-refractivity contribution in [1.82, 2.24) is 25.4 Å². The van der Waals surface area contributed by atoms with Crippen molar-refractivity contribution >= 4 is 29.9 Å². The Morgan fingerprint density at radius 2 is 2.21 bits per heavy atom. The minimum absolute atomic E-state index is 0. The molecule has 0 aliphatic carbocycles. The highest BCUT2D eigenvalue weighted by Crippen LogP contribution is 2.29. The first-order valence-electron chi connectivity index (χ1n) is 9.03. The van der Waals surface area contributed by atoms with E-state index in [0.717, 1.165) is 30.8 Å². The molecule has 0 bridgehead atoms. The average Bonchev–Trinajstić information content (AvgIpc) is 3.13. The molecule has 29 heavy (non-hydrogen) atoms. The van der Waals surface area contributed by atoms with E-state index >= 15 is 0 Å². The van der Waals surface area contributed by atoms with E-state index in [4.69, 9.17) is 0 Å². The van der Waals surface area contributed by atoms with E-state index in [0.29, 0.717) is 24.6 Å². The third kappa shape index (κ3) is 6.62. The molecule has 0 radical (unpaired) electrons. The minimum Gasteiger partial charge on any atom is -0.357 e. The maximum Gasteiger partial charge on any atom is 0.416 e. The summed E-state index contributed by atoms with van der Waals surface area (Å²) >= 11 is 0. The standard InChI is InChI=1S/C19H21F3N6.HI/c1-2-23-18(27-16-8-9-17-25-13-26-28(17)12-16)24-10-4-6-14-5-3-7-15(11-14)19(20,21)22;/h3,5,7,11,13,16H,2,8-10,12H2,1H3,(H2,23,24,27);1H. The van der Waals surface area contributed by atoms with Crippen molar-refractivity contribution in [1.29, 1.82) is 0 Å². The summed E-state index contributed by atoms with van der Waals surface area (Å²) in [5.41, 5.74) is -0.392. The van der Waals surface area contributed by atoms with Gasteiger partial charge in [0, 0.05) is 24.6 Å². The molecule has 1 aromatic carbocycles. The molecule has 3 rings (SSSR count). The topological polar surface area (TPSA) is 67.1 Å². The summed E-state index contributed by atoms with van der Waals surface area (Å²) in [7, 11) is 0. The molecular weight excluding hydrogens is 496 g/mol. The van der Waals surface area contributed by atoms with Gasteiger partial charge in [-0.1, -0.05) is 17.9 Å². The Morgan fingerprint density at radius 1 is 1.38 bits per heavy atom. The van der Waals surface area contributed by atoms with Crippen LogP contribution in [0.15, 0.2) is 35.6 Å². The number of alkyl halides is 3. The molecule has 2 heterocycles. The molecule has 1 atom stereocenters. The largest absolute Gasteiger partial charge is 0.416 e. The predicted octanol–water partition coefficient (Wildman–Crippen LogP) is 2.84. The molecule has 0 amide bonds. The highest BCUT2D eigenvalue weighted by Gasteiger charge is 2.30. The zero-order chi connectivity index (χ0) is 20.0. The van der Waals surface area contributed by atoms with Crippen LogP contribution in [0.25, 0.3) is 0 Å². The van der Waals surface area contributed by atoms with Crippen LogP contribution in [-0.4, -0.2) is 39.9 Å². The number of hydrogen-bond donors (Lipinski definition) is 2. The molecule has 0 fully saturated rings. The second-order valence-electron chi connectivity index (χ2n) is 6.31. The number of halogens is 4. The molecule has 1 aliphatic heterocycles. The number of aliphatic imine (C=N–C) groups is 1. The maximum absolute atomic E-state index is 12.7. The quantitative estimate of drug-likeness (QED) is 0.284. The monoisotopic (exact) mass is 518 g/mol. The van der Waals surface area contributed by atoms with Gasteiger partial charge in [0.1, 0.15) is 18.7 Å². The number of benzene rings is 1. The molecule has 6 nitrogen and oxygen atoms in total. The molecule has 2 N–H and O–H groups in total. The number of nitrogens with zero attached hydrogens (tertiary/aromatic N) is 4. The lowest BCUT2D eigenvalue weighted by molar-refractivity contribution is -0.137. The van der Waals surface area contributed by atoms with Crippen LogP contribution in [-0.2, 0) is 19.1 Å². The predicted molar refractivity (Wildman–Crippen MR) is 115 cm³/mol. The van der Waals surface area contributed by atoms with Gasteiger partial charge < -0.3 is 10.6 Å². The molecule has 2 aromatic rings. The van der Waals surface area contributed by atoms with E-state index in [1.165, 1.54) is 6.07 Å². The SMILES string of the molecule is CCNC(=NCC#Cc1cccc(C(F)(F)F)c1)NC1CCc2ncnn2C1.I. The number of nitrogens with one attached hydrogen (secondary N) is 2. The van der Waals surface area contributed by atoms with Crippen LogP contribution in [0.3, 0.4) is 0 Å². The van der Waals surface area contributed by atoms with Gasteiger partial charge in [0.15, 0.2) is 5.96 Å². The number of guanidine groups is 1. The van der Waals surface area contributed by atoms with Crippen molar-refractivity contribution < 1.29 is 13.2 Å². The van der Waals surface area contributed by atoms with Gasteiger partial charge in [-0.2, -0.15) is 18.3 Å². The summed E-state index contributed by atoms with van der Waals surface area (Å²) in [5, 5.41) is 10.7. The van der Waals surface area contributed by atoms with Crippen molar-refractivity contribution in [2.24, 2.45) is 4.99 Å². The number of aromatic nitrogens is 3. The fourth-order valence-corrected chi connectivity index (χ4v) is 2.90. The van der Waals surface area contributed by atoms with Crippen LogP contribution in [0.4, 0.5) is 13.2 Å². The van der Waals surface area contributed by atoms with Crippen LogP contribution in [0.2, 0.25) is 0 Å². The number of aryl methyl sites for hydroxylation is 1. The van der Waals surface area contributed by atoms with Gasteiger partial charge in [-0.05, 0) is 31.5 Å². The summed E-state index contributed by atoms with van der Waals surface area (Å²) in [5.74, 6) is 7.14. The lowest BCUT2D eigenvalue weighted by atomic mass is 10.1. The fraction of sp³-hybridized carbons (Fsp3) is 0.421. The van der Waals surface area contributed by atoms with Crippen molar-refractivity contribution in [3.63, 3.8) is 0 Å². The van der Waals surface area contributed by atoms with Crippen molar-refractivity contribution in [3.8, 4) is 11.8 Å². The van der Waals surface area contributed by atoms with Crippen molar-refractivity contribution in [2.75, 3.05) is 13.1 Å². The minimum atomic E-state index is -4.37. The van der Waals surface area contributed by atoms with Gasteiger partial charge in [-0.3, -0.25) is 0 Å². The molecule has 1 aromatic heterocycles. The van der Waals surface area contributed by atoms with Crippen LogP contribution < -0.4 is 10.6 Å². The molecule has 0 saturated carbocycles. The first kappa shape index (κ1) is 23.0. The number of hydrogen-bond acceptors (Lipinski definition) is 3. The lowest BCUT2D eigenvalue weighted by Crippen LogP contribution is -2.47. The smallest absolute Gasteiger partial charge is 0.357 e. The molecular formula is C19H22F3IN6. The average molecular weight is 518 g/mol. The Morgan fingerprint density at radius 3 is 2.97 bits per heavy atom. The third-order valence-electron chi connectivity index (χ3n) is 4.23. The first-order chi connectivity index (χ1) is 13.5. The van der Waals surface area contributed by atoms with E-state index in [1.807, 2.05) is 11.6 Å². The molecule has 0 saturated heterocycles. The van der Waals surface area contributed by atoms with Crippen LogP contribution in [0, 0.1) is 11.8 Å². The van der Waals surface area contributed by atoms with Crippen molar-refractivity contribution in [3.05, 3.63) is 47.5 Å². The van der Waals surface area contributed by atoms with Gasteiger partial charge in [0.05, 0.1) is 12.1 Å². The second kappa shape index (κ2) is 10.5. The van der Waals surface area contributed by atoms with E-state index < -0.39 is 11.7 Å². The Kier molecular flexibility index (Phi) is 8.31. The zero-order valence-corrected chi connectivity index (χ0v) is 18.2. The van der Waals surface area contributed by atoms with E-state index in [-0.39, 0.29) is 36.6 Å². The Labute approximate surface area is 184 Å². The Balaban J connectivity index is 0.00000300. The Hall–Kier alpha value is -2.29. The fourth-order valence-electron chi connectivity index (χ4n) is 2.90. The zero-order valence-electron chi connectivity index (χ0n) is 15.8. The number of rotatable bonds is 3. The molecule has 156 valence electrons. The Bertz CT molecular complexity index is 897. The van der Waals surface area contributed by atoms with Gasteiger partial charge >= 0.3 is 6.18 Å². The highest BCUT2D eigenvalue weighted by molar-refractivity contribution is 14.0. The maximum atomic E-state index is 12.7. The lowest BCUT2D eigenvalue weighted by Gasteiger charge is -2.25. The molecule has 0 spiro atoms. The van der Waals surface area contributed by atoms with Crippen LogP contribution in [0.5, 0.6) is 0 Å². The van der Waals surface area contributed by atoms with E-state index in [2.05, 4.69) is 37.5 Å². The van der Waals surface area contributed by atoms with Gasteiger partial charge in [0.25, 0.3) is 0 Å². The van der Waals surface area contributed by atoms with Crippen molar-refractivity contribution in [2.45, 2.75) is 38.5 Å². The van der Waals surface area contributed by atoms with E-state index in [9.17, 15) is 13.2 Å². The van der Waals surface area contributed by atoms with Crippen LogP contribution in [0.1, 0.15) is 30.3 Å². The summed E-state index contributed by atoms with van der Waals surface area (Å²) in [6.07, 6.45) is -1.06. The third-order valence-corrected chi connectivity index (χ3v) is 4.23. The van der Waals surface area contributed by atoms with Gasteiger partial charge in [0.2, 0.25) is 0 Å². The van der Waals surface area contributed by atoms with Crippen LogP contribution >= 0.6 is 24.0 Å². The summed E-state index contributed by atoms with van der Waals surface area (Å²) in [6, 6.07) is 5.14. The molecule has 10 heteroatoms. The van der Waals surface area contributed by atoms with Gasteiger partial charge in [-0.15, -0.1) is 24.0 Å². The van der Waals surface area contributed by atoms with E-state index in [1.54, 1.807) is 12.4 Å². The molecule has 1 unspecified atom stereocenters. The summed E-state index contributed by atoms with van der Waals surface area (Å²) < 4.78 is 40.1. The highest BCUT2D eigenvalue weighted by atomic mass is 127. The number of fused-ring (bicyclic) bond motifs is 1. The second-order valence-corrected chi connectivity index (χ2v) is 6.31. The summed E-state index contributed by atoms with van der Waals surface area (Å²) in [6.45, 7) is 3.53. The van der Waals surface area contributed by atoms with Gasteiger partial charge in [-0.25, -0.2) is 14.7 Å². The summed E-state index contributed by atoms with van der Waals surface area (Å²) in [4.78, 5) is 8.60.